The summed E-state index contributed by atoms with van der Waals surface area (Å²) in [6.45, 7) is 3.63. The first-order valence-electron chi connectivity index (χ1n) is 4.78. The van der Waals surface area contributed by atoms with Crippen molar-refractivity contribution in [3.05, 3.63) is 28.8 Å². The molecular formula is C11H14F3N. The van der Waals surface area contributed by atoms with Crippen LogP contribution in [0.3, 0.4) is 0 Å². The summed E-state index contributed by atoms with van der Waals surface area (Å²) in [6, 6.07) is 2.35. The molecule has 15 heavy (non-hydrogen) atoms. The van der Waals surface area contributed by atoms with Crippen LogP contribution in [-0.2, 0) is 12.6 Å². The first kappa shape index (κ1) is 11.9. The van der Waals surface area contributed by atoms with Gasteiger partial charge in [-0.3, -0.25) is 0 Å². The van der Waals surface area contributed by atoms with E-state index in [1.165, 1.54) is 6.07 Å². The monoisotopic (exact) mass is 217 g/mol. The van der Waals surface area contributed by atoms with Gasteiger partial charge in [0, 0.05) is 12.7 Å². The van der Waals surface area contributed by atoms with E-state index in [-0.39, 0.29) is 0 Å². The van der Waals surface area contributed by atoms with Gasteiger partial charge in [-0.15, -0.1) is 0 Å². The zero-order chi connectivity index (χ0) is 11.6. The number of anilines is 1. The molecule has 0 aliphatic heterocycles. The molecule has 0 bridgehead atoms. The molecule has 0 spiro atoms. The van der Waals surface area contributed by atoms with Gasteiger partial charge in [0.15, 0.2) is 0 Å². The minimum Gasteiger partial charge on any atom is -0.388 e. The predicted octanol–water partition coefficient (Wildman–Crippen LogP) is 3.62. The zero-order valence-electron chi connectivity index (χ0n) is 9.00. The highest BCUT2D eigenvalue weighted by molar-refractivity contribution is 5.56. The molecule has 0 fully saturated rings. The fourth-order valence-electron chi connectivity index (χ4n) is 1.67. The second-order valence-corrected chi connectivity index (χ2v) is 3.42. The Morgan fingerprint density at radius 2 is 1.87 bits per heavy atom. The predicted molar refractivity (Wildman–Crippen MR) is 55.1 cm³/mol. The van der Waals surface area contributed by atoms with Crippen molar-refractivity contribution in [3.8, 4) is 0 Å². The highest BCUT2D eigenvalue weighted by atomic mass is 19.4. The van der Waals surface area contributed by atoms with E-state index in [0.717, 1.165) is 18.1 Å². The summed E-state index contributed by atoms with van der Waals surface area (Å²) in [4.78, 5) is 0. The molecule has 0 unspecified atom stereocenters. The van der Waals surface area contributed by atoms with Crippen LogP contribution in [0.1, 0.15) is 23.6 Å². The normalized spacial score (nSPS) is 11.6. The molecule has 0 amide bonds. The van der Waals surface area contributed by atoms with Gasteiger partial charge in [0.1, 0.15) is 0 Å². The molecule has 1 rings (SSSR count). The van der Waals surface area contributed by atoms with Gasteiger partial charge < -0.3 is 5.32 Å². The lowest BCUT2D eigenvalue weighted by Crippen LogP contribution is -2.08. The average Bonchev–Trinajstić information content (AvgIpc) is 2.15. The molecule has 1 aromatic rings. The molecular weight excluding hydrogens is 203 g/mol. The van der Waals surface area contributed by atoms with Crippen molar-refractivity contribution < 1.29 is 13.2 Å². The molecule has 1 aromatic carbocycles. The molecule has 0 aliphatic rings. The first-order chi connectivity index (χ1) is 6.90. The van der Waals surface area contributed by atoms with Crippen LogP contribution in [0.5, 0.6) is 0 Å². The van der Waals surface area contributed by atoms with Crippen molar-refractivity contribution in [2.45, 2.75) is 26.4 Å². The van der Waals surface area contributed by atoms with Crippen LogP contribution in [-0.4, -0.2) is 7.05 Å². The van der Waals surface area contributed by atoms with E-state index < -0.39 is 11.7 Å². The number of hydrogen-bond donors (Lipinski definition) is 1. The molecule has 4 heteroatoms. The molecule has 0 aromatic heterocycles. The van der Waals surface area contributed by atoms with E-state index >= 15 is 0 Å². The minimum atomic E-state index is -4.28. The first-order valence-corrected chi connectivity index (χ1v) is 4.78. The summed E-state index contributed by atoms with van der Waals surface area (Å²) in [5, 5.41) is 2.80. The minimum absolute atomic E-state index is 0.560. The Balaban J connectivity index is 3.32. The summed E-state index contributed by atoms with van der Waals surface area (Å²) in [5.74, 6) is 0. The number of alkyl halides is 3. The van der Waals surface area contributed by atoms with Gasteiger partial charge in [-0.25, -0.2) is 0 Å². The molecule has 1 N–H and O–H groups in total. The largest absolute Gasteiger partial charge is 0.416 e. The van der Waals surface area contributed by atoms with Crippen molar-refractivity contribution in [1.29, 1.82) is 0 Å². The van der Waals surface area contributed by atoms with Gasteiger partial charge in [-0.05, 0) is 36.6 Å². The van der Waals surface area contributed by atoms with E-state index in [2.05, 4.69) is 5.32 Å². The van der Waals surface area contributed by atoms with Crippen LogP contribution in [0.4, 0.5) is 18.9 Å². The Labute approximate surface area is 87.3 Å². The standard InChI is InChI=1S/C11H14F3N/c1-4-9-7(2)5-8(11(12,13)14)6-10(9)15-3/h5-6,15H,4H2,1-3H3. The van der Waals surface area contributed by atoms with Gasteiger partial charge in [0.25, 0.3) is 0 Å². The maximum Gasteiger partial charge on any atom is 0.416 e. The lowest BCUT2D eigenvalue weighted by atomic mass is 10.0. The summed E-state index contributed by atoms with van der Waals surface area (Å²) in [7, 11) is 1.63. The summed E-state index contributed by atoms with van der Waals surface area (Å²) in [5.41, 5.74) is 1.58. The lowest BCUT2D eigenvalue weighted by molar-refractivity contribution is -0.137. The second kappa shape index (κ2) is 4.13. The van der Waals surface area contributed by atoms with E-state index in [9.17, 15) is 13.2 Å². The highest BCUT2D eigenvalue weighted by Crippen LogP contribution is 2.33. The van der Waals surface area contributed by atoms with Gasteiger partial charge >= 0.3 is 6.18 Å². The highest BCUT2D eigenvalue weighted by Gasteiger charge is 2.31. The fraction of sp³-hybridized carbons (Fsp3) is 0.455. The zero-order valence-corrected chi connectivity index (χ0v) is 9.00. The second-order valence-electron chi connectivity index (χ2n) is 3.42. The molecule has 1 nitrogen and oxygen atoms in total. The van der Waals surface area contributed by atoms with E-state index in [1.807, 2.05) is 6.92 Å². The molecule has 84 valence electrons. The number of halogens is 3. The van der Waals surface area contributed by atoms with Crippen LogP contribution in [0.15, 0.2) is 12.1 Å². The maximum atomic E-state index is 12.5. The number of benzene rings is 1. The molecule has 0 saturated heterocycles. The van der Waals surface area contributed by atoms with Crippen molar-refractivity contribution in [3.63, 3.8) is 0 Å². The SMILES string of the molecule is CCc1c(C)cc(C(F)(F)F)cc1NC. The van der Waals surface area contributed by atoms with E-state index in [4.69, 9.17) is 0 Å². The molecule has 0 atom stereocenters. The number of aryl methyl sites for hydroxylation is 1. The Hall–Kier alpha value is -1.19. The fourth-order valence-corrected chi connectivity index (χ4v) is 1.67. The van der Waals surface area contributed by atoms with Crippen LogP contribution < -0.4 is 5.32 Å². The van der Waals surface area contributed by atoms with Gasteiger partial charge in [-0.1, -0.05) is 6.92 Å². The van der Waals surface area contributed by atoms with Gasteiger partial charge in [-0.2, -0.15) is 13.2 Å². The molecule has 0 saturated carbocycles. The van der Waals surface area contributed by atoms with Crippen LogP contribution in [0.2, 0.25) is 0 Å². The van der Waals surface area contributed by atoms with Gasteiger partial charge in [0.2, 0.25) is 0 Å². The van der Waals surface area contributed by atoms with Crippen LogP contribution in [0, 0.1) is 6.92 Å². The van der Waals surface area contributed by atoms with Crippen molar-refractivity contribution in [1.82, 2.24) is 0 Å². The topological polar surface area (TPSA) is 12.0 Å². The van der Waals surface area contributed by atoms with Crippen LogP contribution >= 0.6 is 0 Å². The van der Waals surface area contributed by atoms with Crippen molar-refractivity contribution in [2.24, 2.45) is 0 Å². The van der Waals surface area contributed by atoms with Crippen molar-refractivity contribution >= 4 is 5.69 Å². The van der Waals surface area contributed by atoms with Crippen LogP contribution in [0.25, 0.3) is 0 Å². The number of hydrogen-bond acceptors (Lipinski definition) is 1. The Morgan fingerprint density at radius 1 is 1.27 bits per heavy atom. The smallest absolute Gasteiger partial charge is 0.388 e. The lowest BCUT2D eigenvalue weighted by Gasteiger charge is -2.15. The van der Waals surface area contributed by atoms with E-state index in [1.54, 1.807) is 14.0 Å². The molecule has 0 radical (unpaired) electrons. The average molecular weight is 217 g/mol. The Bertz CT molecular complexity index is 356. The third-order valence-electron chi connectivity index (χ3n) is 2.42. The Kier molecular flexibility index (Phi) is 3.27. The van der Waals surface area contributed by atoms with Crippen molar-refractivity contribution in [2.75, 3.05) is 12.4 Å². The quantitative estimate of drug-likeness (QED) is 0.797. The van der Waals surface area contributed by atoms with E-state index in [0.29, 0.717) is 11.3 Å². The number of nitrogens with one attached hydrogen (secondary N) is 1. The molecule has 0 aliphatic carbocycles. The van der Waals surface area contributed by atoms with Gasteiger partial charge in [0.05, 0.1) is 5.56 Å². The number of rotatable bonds is 2. The third kappa shape index (κ3) is 2.43. The summed E-state index contributed by atoms with van der Waals surface area (Å²) < 4.78 is 37.5. The Morgan fingerprint density at radius 3 is 2.27 bits per heavy atom. The summed E-state index contributed by atoms with van der Waals surface area (Å²) in [6.07, 6.45) is -3.55. The summed E-state index contributed by atoms with van der Waals surface area (Å²) >= 11 is 0. The maximum absolute atomic E-state index is 12.5. The third-order valence-corrected chi connectivity index (χ3v) is 2.42. The molecule has 0 heterocycles.